The van der Waals surface area contributed by atoms with Crippen molar-refractivity contribution < 1.29 is 5.11 Å². The first-order valence-electron chi connectivity index (χ1n) is 7.52. The average Bonchev–Trinajstić information content (AvgIpc) is 2.54. The van der Waals surface area contributed by atoms with Crippen LogP contribution in [-0.2, 0) is 6.61 Å². The van der Waals surface area contributed by atoms with Gasteiger partial charge in [-0.25, -0.2) is 4.98 Å². The van der Waals surface area contributed by atoms with Crippen molar-refractivity contribution in [2.45, 2.75) is 44.8 Å². The number of hydrogen-bond donors (Lipinski definition) is 1. The SMILES string of the molecule is CN(c1nc(CO)cc2ccccc12)C1CCCCC1. The molecular weight excluding hydrogens is 248 g/mol. The molecule has 0 bridgehead atoms. The van der Waals surface area contributed by atoms with E-state index in [0.29, 0.717) is 6.04 Å². The average molecular weight is 270 g/mol. The first kappa shape index (κ1) is 13.4. The molecule has 20 heavy (non-hydrogen) atoms. The van der Waals surface area contributed by atoms with Crippen molar-refractivity contribution in [3.8, 4) is 0 Å². The Bertz CT molecular complexity index is 591. The van der Waals surface area contributed by atoms with E-state index in [2.05, 4.69) is 35.1 Å². The Morgan fingerprint density at radius 3 is 2.70 bits per heavy atom. The van der Waals surface area contributed by atoms with E-state index in [-0.39, 0.29) is 6.61 Å². The molecule has 106 valence electrons. The largest absolute Gasteiger partial charge is 0.390 e. The lowest BCUT2D eigenvalue weighted by Crippen LogP contribution is -2.34. The lowest BCUT2D eigenvalue weighted by atomic mass is 9.94. The molecule has 0 unspecified atom stereocenters. The van der Waals surface area contributed by atoms with Crippen molar-refractivity contribution in [1.82, 2.24) is 4.98 Å². The van der Waals surface area contributed by atoms with Crippen molar-refractivity contribution >= 4 is 16.6 Å². The molecule has 1 N–H and O–H groups in total. The second kappa shape index (κ2) is 5.80. The van der Waals surface area contributed by atoms with Crippen LogP contribution in [0.1, 0.15) is 37.8 Å². The quantitative estimate of drug-likeness (QED) is 0.927. The fourth-order valence-electron chi connectivity index (χ4n) is 3.23. The number of nitrogens with zero attached hydrogens (tertiary/aromatic N) is 2. The fourth-order valence-corrected chi connectivity index (χ4v) is 3.23. The number of hydrogen-bond acceptors (Lipinski definition) is 3. The molecule has 3 nitrogen and oxygen atoms in total. The third-order valence-corrected chi connectivity index (χ3v) is 4.39. The monoisotopic (exact) mass is 270 g/mol. The van der Waals surface area contributed by atoms with Crippen LogP contribution in [0.4, 0.5) is 5.82 Å². The molecule has 1 aromatic heterocycles. The van der Waals surface area contributed by atoms with Crippen LogP contribution in [-0.4, -0.2) is 23.2 Å². The smallest absolute Gasteiger partial charge is 0.136 e. The predicted molar refractivity (Wildman–Crippen MR) is 82.9 cm³/mol. The molecule has 0 saturated heterocycles. The normalized spacial score (nSPS) is 16.5. The molecule has 1 aliphatic rings. The number of aromatic nitrogens is 1. The summed E-state index contributed by atoms with van der Waals surface area (Å²) in [6.45, 7) is -0.00363. The zero-order valence-electron chi connectivity index (χ0n) is 12.0. The summed E-state index contributed by atoms with van der Waals surface area (Å²) in [7, 11) is 2.14. The summed E-state index contributed by atoms with van der Waals surface area (Å²) in [6, 6.07) is 10.9. The van der Waals surface area contributed by atoms with Gasteiger partial charge >= 0.3 is 0 Å². The highest BCUT2D eigenvalue weighted by atomic mass is 16.3. The van der Waals surface area contributed by atoms with E-state index < -0.39 is 0 Å². The van der Waals surface area contributed by atoms with Gasteiger partial charge in [0.1, 0.15) is 5.82 Å². The highest BCUT2D eigenvalue weighted by molar-refractivity contribution is 5.92. The Morgan fingerprint density at radius 2 is 1.95 bits per heavy atom. The van der Waals surface area contributed by atoms with Crippen molar-refractivity contribution in [1.29, 1.82) is 0 Å². The van der Waals surface area contributed by atoms with Gasteiger partial charge in [0.15, 0.2) is 0 Å². The van der Waals surface area contributed by atoms with Gasteiger partial charge in [0.05, 0.1) is 12.3 Å². The maximum absolute atomic E-state index is 9.43. The molecule has 0 radical (unpaired) electrons. The third kappa shape index (κ3) is 2.50. The minimum Gasteiger partial charge on any atom is -0.390 e. The number of benzene rings is 1. The maximum atomic E-state index is 9.43. The van der Waals surface area contributed by atoms with Crippen molar-refractivity contribution in [3.63, 3.8) is 0 Å². The zero-order chi connectivity index (χ0) is 13.9. The van der Waals surface area contributed by atoms with E-state index in [0.717, 1.165) is 16.9 Å². The van der Waals surface area contributed by atoms with Crippen molar-refractivity contribution in [2.24, 2.45) is 0 Å². The van der Waals surface area contributed by atoms with Crippen LogP contribution < -0.4 is 4.90 Å². The topological polar surface area (TPSA) is 36.4 Å². The summed E-state index contributed by atoms with van der Waals surface area (Å²) in [5.74, 6) is 1.01. The van der Waals surface area contributed by atoms with Gasteiger partial charge in [0.2, 0.25) is 0 Å². The predicted octanol–water partition coefficient (Wildman–Crippen LogP) is 3.50. The fraction of sp³-hybridized carbons (Fsp3) is 0.471. The van der Waals surface area contributed by atoms with Crippen LogP contribution in [0.15, 0.2) is 30.3 Å². The minimum absolute atomic E-state index is 0.00363. The van der Waals surface area contributed by atoms with E-state index in [4.69, 9.17) is 0 Å². The summed E-state index contributed by atoms with van der Waals surface area (Å²) in [5, 5.41) is 11.8. The van der Waals surface area contributed by atoms with E-state index in [1.54, 1.807) is 0 Å². The van der Waals surface area contributed by atoms with Gasteiger partial charge in [-0.15, -0.1) is 0 Å². The molecule has 3 rings (SSSR count). The Balaban J connectivity index is 2.04. The molecule has 2 aromatic rings. The highest BCUT2D eigenvalue weighted by Gasteiger charge is 2.21. The molecule has 1 heterocycles. The second-order valence-corrected chi connectivity index (χ2v) is 5.72. The maximum Gasteiger partial charge on any atom is 0.136 e. The van der Waals surface area contributed by atoms with Crippen molar-refractivity contribution in [2.75, 3.05) is 11.9 Å². The van der Waals surface area contributed by atoms with E-state index in [1.807, 2.05) is 12.1 Å². The number of anilines is 1. The van der Waals surface area contributed by atoms with Gasteiger partial charge < -0.3 is 10.0 Å². The molecule has 3 heteroatoms. The summed E-state index contributed by atoms with van der Waals surface area (Å²) < 4.78 is 0. The summed E-state index contributed by atoms with van der Waals surface area (Å²) in [5.41, 5.74) is 0.751. The lowest BCUT2D eigenvalue weighted by molar-refractivity contribution is 0.277. The Labute approximate surface area is 120 Å². The molecule has 0 atom stereocenters. The number of aliphatic hydroxyl groups is 1. The summed E-state index contributed by atoms with van der Waals surface area (Å²) in [4.78, 5) is 6.99. The molecule has 0 amide bonds. The molecule has 1 aliphatic carbocycles. The summed E-state index contributed by atoms with van der Waals surface area (Å²) >= 11 is 0. The van der Waals surface area contributed by atoms with E-state index >= 15 is 0 Å². The molecule has 0 spiro atoms. The Morgan fingerprint density at radius 1 is 1.20 bits per heavy atom. The zero-order valence-corrected chi connectivity index (χ0v) is 12.0. The molecule has 1 fully saturated rings. The van der Waals surface area contributed by atoms with Gasteiger partial charge in [-0.05, 0) is 24.3 Å². The standard InChI is InChI=1S/C17H22N2O/c1-19(15-8-3-2-4-9-15)17-16-10-6-5-7-13(16)11-14(12-20)18-17/h5-7,10-11,15,20H,2-4,8-9,12H2,1H3. The lowest BCUT2D eigenvalue weighted by Gasteiger charge is -2.33. The van der Waals surface area contributed by atoms with Gasteiger partial charge in [0, 0.05) is 18.5 Å². The Hall–Kier alpha value is -1.61. The molecule has 0 aliphatic heterocycles. The number of pyridine rings is 1. The van der Waals surface area contributed by atoms with Crippen LogP contribution in [0, 0.1) is 0 Å². The van der Waals surface area contributed by atoms with Crippen molar-refractivity contribution in [3.05, 3.63) is 36.0 Å². The van der Waals surface area contributed by atoms with E-state index in [1.165, 1.54) is 37.5 Å². The van der Waals surface area contributed by atoms with Gasteiger partial charge in [-0.1, -0.05) is 43.5 Å². The number of aliphatic hydroxyl groups excluding tert-OH is 1. The number of fused-ring (bicyclic) bond motifs is 1. The minimum atomic E-state index is -0.00363. The first-order chi connectivity index (χ1) is 9.79. The van der Waals surface area contributed by atoms with E-state index in [9.17, 15) is 5.11 Å². The molecule has 1 aromatic carbocycles. The van der Waals surface area contributed by atoms with Crippen LogP contribution in [0.3, 0.4) is 0 Å². The van der Waals surface area contributed by atoms with Crippen LogP contribution >= 0.6 is 0 Å². The third-order valence-electron chi connectivity index (χ3n) is 4.39. The van der Waals surface area contributed by atoms with Gasteiger partial charge in [0.25, 0.3) is 0 Å². The Kier molecular flexibility index (Phi) is 3.88. The van der Waals surface area contributed by atoms with Crippen LogP contribution in [0.2, 0.25) is 0 Å². The summed E-state index contributed by atoms with van der Waals surface area (Å²) in [6.07, 6.45) is 6.47. The molecular formula is C17H22N2O. The van der Waals surface area contributed by atoms with Crippen LogP contribution in [0.25, 0.3) is 10.8 Å². The van der Waals surface area contributed by atoms with Crippen LogP contribution in [0.5, 0.6) is 0 Å². The van der Waals surface area contributed by atoms with Gasteiger partial charge in [-0.3, -0.25) is 0 Å². The highest BCUT2D eigenvalue weighted by Crippen LogP contribution is 2.30. The number of rotatable bonds is 3. The first-order valence-corrected chi connectivity index (χ1v) is 7.52. The van der Waals surface area contributed by atoms with Gasteiger partial charge in [-0.2, -0.15) is 0 Å². The second-order valence-electron chi connectivity index (χ2n) is 5.72. The molecule has 1 saturated carbocycles.